The molecule has 0 bridgehead atoms. The van der Waals surface area contributed by atoms with E-state index in [4.69, 9.17) is 0 Å². The highest BCUT2D eigenvalue weighted by atomic mass is 13.8. The highest BCUT2D eigenvalue weighted by Crippen LogP contribution is 1.89. The summed E-state index contributed by atoms with van der Waals surface area (Å²) in [4.78, 5) is 0. The van der Waals surface area contributed by atoms with Crippen molar-refractivity contribution in [3.05, 3.63) is 31.2 Å². The quantitative estimate of drug-likeness (QED) is 0.384. The Balaban J connectivity index is 2.90. The highest BCUT2D eigenvalue weighted by molar-refractivity contribution is 4.97. The van der Waals surface area contributed by atoms with Crippen LogP contribution >= 0.6 is 0 Å². The first kappa shape index (κ1) is 7.48. The molecular formula is C8H13. The fourth-order valence-electron chi connectivity index (χ4n) is 0.407. The van der Waals surface area contributed by atoms with Crippen molar-refractivity contribution in [3.8, 4) is 0 Å². The number of hydrogen-bond acceptors (Lipinski definition) is 0. The minimum absolute atomic E-state index is 0.983. The first-order chi connectivity index (χ1) is 3.91. The van der Waals surface area contributed by atoms with E-state index < -0.39 is 0 Å². The molecule has 0 spiro atoms. The first-order valence-electron chi connectivity index (χ1n) is 3.01. The molecule has 0 nitrogen and oxygen atoms in total. The van der Waals surface area contributed by atoms with E-state index in [0.29, 0.717) is 0 Å². The van der Waals surface area contributed by atoms with Gasteiger partial charge in [-0.05, 0) is 19.3 Å². The number of rotatable bonds is 4. The van der Waals surface area contributed by atoms with Crippen molar-refractivity contribution in [2.24, 2.45) is 0 Å². The minimum atomic E-state index is 0.983. The van der Waals surface area contributed by atoms with Crippen LogP contribution in [-0.4, -0.2) is 0 Å². The van der Waals surface area contributed by atoms with E-state index in [0.717, 1.165) is 12.8 Å². The molecule has 8 heavy (non-hydrogen) atoms. The standard InChI is InChI=1S/C8H13/c1-3-5-7-8-6-4-2/h3,6-8H,1,4-5H2,2H3/b8-6+. The average molecular weight is 109 g/mol. The lowest BCUT2D eigenvalue weighted by atomic mass is 10.3. The Morgan fingerprint density at radius 1 is 1.50 bits per heavy atom. The van der Waals surface area contributed by atoms with Crippen LogP contribution in [0.1, 0.15) is 19.8 Å². The van der Waals surface area contributed by atoms with E-state index in [1.165, 1.54) is 0 Å². The van der Waals surface area contributed by atoms with Crippen LogP contribution in [-0.2, 0) is 0 Å². The third kappa shape index (κ3) is 5.48. The topological polar surface area (TPSA) is 0 Å². The maximum absolute atomic E-state index is 3.59. The molecular weight excluding hydrogens is 96.1 g/mol. The largest absolute Gasteiger partial charge is 0.103 e. The molecule has 0 saturated carbocycles. The van der Waals surface area contributed by atoms with Crippen molar-refractivity contribution in [1.29, 1.82) is 0 Å². The molecule has 0 saturated heterocycles. The zero-order chi connectivity index (χ0) is 6.24. The number of unbranched alkanes of at least 4 members (excludes halogenated alkanes) is 1. The van der Waals surface area contributed by atoms with E-state index in [2.05, 4.69) is 32.1 Å². The van der Waals surface area contributed by atoms with Gasteiger partial charge < -0.3 is 0 Å². The number of allylic oxidation sites excluding steroid dienone is 3. The molecule has 0 aliphatic heterocycles. The number of hydrogen-bond donors (Lipinski definition) is 0. The monoisotopic (exact) mass is 109 g/mol. The summed E-state index contributed by atoms with van der Waals surface area (Å²) in [6, 6.07) is 0. The van der Waals surface area contributed by atoms with Gasteiger partial charge in [0.25, 0.3) is 0 Å². The normalized spacial score (nSPS) is 10.1. The molecule has 0 atom stereocenters. The average Bonchev–Trinajstić information content (AvgIpc) is 1.81. The third-order valence-electron chi connectivity index (χ3n) is 0.811. The smallest absolute Gasteiger partial charge is 0.0133 e. The van der Waals surface area contributed by atoms with E-state index in [9.17, 15) is 0 Å². The lowest BCUT2D eigenvalue weighted by Gasteiger charge is -1.81. The summed E-state index contributed by atoms with van der Waals surface area (Å²) in [7, 11) is 0. The molecule has 0 aromatic heterocycles. The predicted octanol–water partition coefficient (Wildman–Crippen LogP) is 2.73. The molecule has 45 valence electrons. The van der Waals surface area contributed by atoms with Crippen molar-refractivity contribution in [2.45, 2.75) is 19.8 Å². The molecule has 0 amide bonds. The van der Waals surface area contributed by atoms with Crippen LogP contribution in [0.5, 0.6) is 0 Å². The molecule has 0 heterocycles. The van der Waals surface area contributed by atoms with Crippen molar-refractivity contribution in [3.63, 3.8) is 0 Å². The summed E-state index contributed by atoms with van der Waals surface area (Å²) >= 11 is 0. The van der Waals surface area contributed by atoms with Gasteiger partial charge in [0.2, 0.25) is 0 Å². The summed E-state index contributed by atoms with van der Waals surface area (Å²) < 4.78 is 0. The molecule has 0 aliphatic rings. The second-order valence-corrected chi connectivity index (χ2v) is 1.60. The van der Waals surface area contributed by atoms with Crippen molar-refractivity contribution in [2.75, 3.05) is 0 Å². The predicted molar refractivity (Wildman–Crippen MR) is 38.5 cm³/mol. The van der Waals surface area contributed by atoms with Gasteiger partial charge in [-0.25, -0.2) is 0 Å². The van der Waals surface area contributed by atoms with Crippen LogP contribution in [0, 0.1) is 6.42 Å². The van der Waals surface area contributed by atoms with Gasteiger partial charge >= 0.3 is 0 Å². The van der Waals surface area contributed by atoms with Gasteiger partial charge in [0.1, 0.15) is 0 Å². The molecule has 0 rings (SSSR count). The molecule has 0 fully saturated rings. The van der Waals surface area contributed by atoms with E-state index in [1.807, 2.05) is 6.08 Å². The maximum atomic E-state index is 3.59. The van der Waals surface area contributed by atoms with Gasteiger partial charge in [-0.2, -0.15) is 0 Å². The third-order valence-corrected chi connectivity index (χ3v) is 0.811. The summed E-state index contributed by atoms with van der Waals surface area (Å²) in [6.07, 6.45) is 10.3. The molecule has 1 radical (unpaired) electrons. The Hall–Kier alpha value is -0.520. The van der Waals surface area contributed by atoms with Gasteiger partial charge in [0.05, 0.1) is 0 Å². The van der Waals surface area contributed by atoms with Crippen LogP contribution in [0.3, 0.4) is 0 Å². The fraction of sp³-hybridized carbons (Fsp3) is 0.375. The Labute approximate surface area is 51.9 Å². The van der Waals surface area contributed by atoms with Crippen LogP contribution in [0.4, 0.5) is 0 Å². The first-order valence-corrected chi connectivity index (χ1v) is 3.01. The van der Waals surface area contributed by atoms with Crippen LogP contribution in [0.2, 0.25) is 0 Å². The van der Waals surface area contributed by atoms with Gasteiger partial charge in [-0.3, -0.25) is 0 Å². The Kier molecular flexibility index (Phi) is 6.06. The Morgan fingerprint density at radius 3 is 2.75 bits per heavy atom. The van der Waals surface area contributed by atoms with Crippen LogP contribution in [0.15, 0.2) is 24.8 Å². The van der Waals surface area contributed by atoms with Gasteiger partial charge in [-0.1, -0.05) is 25.2 Å². The molecule has 0 aliphatic carbocycles. The van der Waals surface area contributed by atoms with Gasteiger partial charge in [-0.15, -0.1) is 6.58 Å². The van der Waals surface area contributed by atoms with E-state index >= 15 is 0 Å². The zero-order valence-corrected chi connectivity index (χ0v) is 5.43. The zero-order valence-electron chi connectivity index (χ0n) is 5.43. The lowest BCUT2D eigenvalue weighted by Crippen LogP contribution is -1.62. The maximum Gasteiger partial charge on any atom is -0.0133 e. The second kappa shape index (κ2) is 6.48. The SMILES string of the molecule is C=CC[CH]/C=C/CC. The lowest BCUT2D eigenvalue weighted by molar-refractivity contribution is 1.20. The summed E-state index contributed by atoms with van der Waals surface area (Å²) in [5.41, 5.74) is 0. The van der Waals surface area contributed by atoms with Crippen molar-refractivity contribution < 1.29 is 0 Å². The fourth-order valence-corrected chi connectivity index (χ4v) is 0.407. The molecule has 0 heteroatoms. The van der Waals surface area contributed by atoms with E-state index in [-0.39, 0.29) is 0 Å². The van der Waals surface area contributed by atoms with Crippen LogP contribution in [0.25, 0.3) is 0 Å². The summed E-state index contributed by atoms with van der Waals surface area (Å²) in [5, 5.41) is 0. The molecule has 0 unspecified atom stereocenters. The van der Waals surface area contributed by atoms with Gasteiger partial charge in [0.15, 0.2) is 0 Å². The summed E-state index contributed by atoms with van der Waals surface area (Å²) in [5.74, 6) is 0. The molecule has 0 aromatic carbocycles. The second-order valence-electron chi connectivity index (χ2n) is 1.60. The van der Waals surface area contributed by atoms with Crippen molar-refractivity contribution >= 4 is 0 Å². The minimum Gasteiger partial charge on any atom is -0.103 e. The molecule has 0 N–H and O–H groups in total. The summed E-state index contributed by atoms with van der Waals surface area (Å²) in [6.45, 7) is 5.72. The van der Waals surface area contributed by atoms with Crippen LogP contribution < -0.4 is 0 Å². The molecule has 0 aromatic rings. The highest BCUT2D eigenvalue weighted by Gasteiger charge is 1.71. The van der Waals surface area contributed by atoms with Gasteiger partial charge in [0, 0.05) is 0 Å². The van der Waals surface area contributed by atoms with Crippen molar-refractivity contribution in [1.82, 2.24) is 0 Å². The van der Waals surface area contributed by atoms with E-state index in [1.54, 1.807) is 0 Å². The Morgan fingerprint density at radius 2 is 2.25 bits per heavy atom. The Bertz CT molecular complexity index is 70.1.